The molecule has 0 aromatic heterocycles. The summed E-state index contributed by atoms with van der Waals surface area (Å²) in [4.78, 5) is 10.0. The van der Waals surface area contributed by atoms with Gasteiger partial charge < -0.3 is 0 Å². The van der Waals surface area contributed by atoms with Gasteiger partial charge in [-0.1, -0.05) is 24.3 Å². The molecule has 0 N–H and O–H groups in total. The molecule has 3 nitrogen and oxygen atoms in total. The van der Waals surface area contributed by atoms with E-state index in [0.717, 1.165) is 5.56 Å². The largest absolute Gasteiger partial charge is 0.276 e. The second kappa shape index (κ2) is 3.17. The highest BCUT2D eigenvalue weighted by atomic mass is 16.6. The summed E-state index contributed by atoms with van der Waals surface area (Å²) in [5, 5.41) is 10.4. The molecule has 0 aliphatic rings. The number of rotatable bonds is 2. The maximum atomic E-state index is 10.4. The van der Waals surface area contributed by atoms with Gasteiger partial charge in [0, 0.05) is 6.07 Å². The van der Waals surface area contributed by atoms with Crippen molar-refractivity contribution in [3.05, 3.63) is 46.0 Å². The number of nitrogens with zero attached hydrogens (tertiary/aromatic N) is 1. The van der Waals surface area contributed by atoms with Gasteiger partial charge in [0.2, 0.25) is 0 Å². The maximum Gasteiger partial charge on any atom is 0.276 e. The molecule has 1 rings (SSSR count). The van der Waals surface area contributed by atoms with Gasteiger partial charge in [0.25, 0.3) is 5.69 Å². The van der Waals surface area contributed by atoms with Crippen LogP contribution in [0.2, 0.25) is 0 Å². The lowest BCUT2D eigenvalue weighted by Gasteiger charge is -1.97. The number of benzene rings is 1. The molecule has 0 saturated heterocycles. The first kappa shape index (κ1) is 8.46. The number of nitro groups is 1. The molecule has 0 atom stereocenters. The third kappa shape index (κ3) is 1.50. The zero-order valence-corrected chi connectivity index (χ0v) is 6.78. The highest BCUT2D eigenvalue weighted by Crippen LogP contribution is 2.20. The van der Waals surface area contributed by atoms with Crippen LogP contribution in [0.5, 0.6) is 0 Å². The molecular weight excluding hydrogens is 154 g/mol. The lowest BCUT2D eigenvalue weighted by atomic mass is 10.1. The molecule has 0 fully saturated rings. The van der Waals surface area contributed by atoms with E-state index >= 15 is 0 Å². The van der Waals surface area contributed by atoms with Gasteiger partial charge in [-0.3, -0.25) is 10.1 Å². The second-order valence-electron chi connectivity index (χ2n) is 2.52. The summed E-state index contributed by atoms with van der Waals surface area (Å²) in [6.07, 6.45) is 1.49. The van der Waals surface area contributed by atoms with Crippen molar-refractivity contribution in [3.63, 3.8) is 0 Å². The van der Waals surface area contributed by atoms with Crippen LogP contribution in [0.25, 0.3) is 6.08 Å². The van der Waals surface area contributed by atoms with E-state index in [1.807, 2.05) is 6.92 Å². The van der Waals surface area contributed by atoms with Gasteiger partial charge in [-0.15, -0.1) is 0 Å². The van der Waals surface area contributed by atoms with E-state index in [-0.39, 0.29) is 5.69 Å². The van der Waals surface area contributed by atoms with E-state index in [0.29, 0.717) is 5.56 Å². The lowest BCUT2D eigenvalue weighted by Crippen LogP contribution is -1.91. The van der Waals surface area contributed by atoms with E-state index in [4.69, 9.17) is 0 Å². The Morgan fingerprint density at radius 1 is 1.58 bits per heavy atom. The van der Waals surface area contributed by atoms with Gasteiger partial charge in [0.1, 0.15) is 0 Å². The molecular formula is C9H9NO2. The van der Waals surface area contributed by atoms with Crippen LogP contribution in [0.1, 0.15) is 11.1 Å². The zero-order chi connectivity index (χ0) is 9.14. The van der Waals surface area contributed by atoms with Gasteiger partial charge in [-0.05, 0) is 13.0 Å². The van der Waals surface area contributed by atoms with E-state index in [1.54, 1.807) is 12.1 Å². The van der Waals surface area contributed by atoms with Crippen LogP contribution >= 0.6 is 0 Å². The topological polar surface area (TPSA) is 43.1 Å². The normalized spacial score (nSPS) is 9.42. The first-order chi connectivity index (χ1) is 5.65. The van der Waals surface area contributed by atoms with Crippen LogP contribution in [0, 0.1) is 17.0 Å². The van der Waals surface area contributed by atoms with Crippen LogP contribution < -0.4 is 0 Å². The average molecular weight is 163 g/mol. The van der Waals surface area contributed by atoms with E-state index in [2.05, 4.69) is 6.58 Å². The standard InChI is InChI=1S/C9H9NO2/c1-3-8-6-7(2)4-5-9(8)10(11)12/h3-6H,1H2,2H3. The zero-order valence-electron chi connectivity index (χ0n) is 6.78. The molecule has 0 unspecified atom stereocenters. The first-order valence-corrected chi connectivity index (χ1v) is 3.52. The fourth-order valence-electron chi connectivity index (χ4n) is 1.00. The summed E-state index contributed by atoms with van der Waals surface area (Å²) in [5.74, 6) is 0. The molecule has 62 valence electrons. The number of aryl methyl sites for hydroxylation is 1. The molecule has 0 saturated carbocycles. The summed E-state index contributed by atoms with van der Waals surface area (Å²) in [5.41, 5.74) is 1.67. The number of hydrogen-bond acceptors (Lipinski definition) is 2. The van der Waals surface area contributed by atoms with Crippen LogP contribution in [0.3, 0.4) is 0 Å². The van der Waals surface area contributed by atoms with Gasteiger partial charge in [0.05, 0.1) is 10.5 Å². The Kier molecular flexibility index (Phi) is 2.24. The number of hydrogen-bond donors (Lipinski definition) is 0. The Morgan fingerprint density at radius 2 is 2.25 bits per heavy atom. The van der Waals surface area contributed by atoms with Crippen LogP contribution in [-0.4, -0.2) is 4.92 Å². The van der Waals surface area contributed by atoms with Crippen LogP contribution in [0.15, 0.2) is 24.8 Å². The molecule has 12 heavy (non-hydrogen) atoms. The third-order valence-electron chi connectivity index (χ3n) is 1.60. The summed E-state index contributed by atoms with van der Waals surface area (Å²) >= 11 is 0. The van der Waals surface area contributed by atoms with Crippen molar-refractivity contribution in [2.24, 2.45) is 0 Å². The molecule has 0 bridgehead atoms. The lowest BCUT2D eigenvalue weighted by molar-refractivity contribution is -0.385. The monoisotopic (exact) mass is 163 g/mol. The Balaban J connectivity index is 3.29. The smallest absolute Gasteiger partial charge is 0.258 e. The highest BCUT2D eigenvalue weighted by molar-refractivity contribution is 5.60. The summed E-state index contributed by atoms with van der Waals surface area (Å²) in [7, 11) is 0. The van der Waals surface area contributed by atoms with Crippen LogP contribution in [0.4, 0.5) is 5.69 Å². The van der Waals surface area contributed by atoms with Crippen molar-refractivity contribution in [3.8, 4) is 0 Å². The molecule has 3 heteroatoms. The molecule has 0 aliphatic heterocycles. The van der Waals surface area contributed by atoms with E-state index < -0.39 is 4.92 Å². The highest BCUT2D eigenvalue weighted by Gasteiger charge is 2.09. The second-order valence-corrected chi connectivity index (χ2v) is 2.52. The molecule has 1 aromatic carbocycles. The maximum absolute atomic E-state index is 10.4. The van der Waals surface area contributed by atoms with Crippen molar-refractivity contribution < 1.29 is 4.92 Å². The minimum absolute atomic E-state index is 0.107. The fourth-order valence-corrected chi connectivity index (χ4v) is 1.00. The summed E-state index contributed by atoms with van der Waals surface area (Å²) in [6.45, 7) is 5.40. The SMILES string of the molecule is C=Cc1cc(C)ccc1[N+](=O)[O-]. The molecule has 0 amide bonds. The van der Waals surface area contributed by atoms with E-state index in [1.165, 1.54) is 12.1 Å². The Bertz CT molecular complexity index is 331. The van der Waals surface area contributed by atoms with Gasteiger partial charge in [-0.2, -0.15) is 0 Å². The van der Waals surface area contributed by atoms with Crippen molar-refractivity contribution in [2.75, 3.05) is 0 Å². The van der Waals surface area contributed by atoms with Gasteiger partial charge in [0.15, 0.2) is 0 Å². The summed E-state index contributed by atoms with van der Waals surface area (Å²) in [6, 6.07) is 4.95. The third-order valence-corrected chi connectivity index (χ3v) is 1.60. The van der Waals surface area contributed by atoms with Gasteiger partial charge >= 0.3 is 0 Å². The predicted octanol–water partition coefficient (Wildman–Crippen LogP) is 2.55. The Labute approximate surface area is 70.5 Å². The minimum atomic E-state index is -0.406. The molecule has 0 aliphatic carbocycles. The fraction of sp³-hybridized carbons (Fsp3) is 0.111. The Morgan fingerprint density at radius 3 is 2.75 bits per heavy atom. The molecule has 0 heterocycles. The first-order valence-electron chi connectivity index (χ1n) is 3.52. The van der Waals surface area contributed by atoms with Crippen molar-refractivity contribution in [1.82, 2.24) is 0 Å². The Hall–Kier alpha value is -1.64. The van der Waals surface area contributed by atoms with Crippen molar-refractivity contribution in [2.45, 2.75) is 6.92 Å². The van der Waals surface area contributed by atoms with Crippen LogP contribution in [-0.2, 0) is 0 Å². The van der Waals surface area contributed by atoms with Crippen molar-refractivity contribution >= 4 is 11.8 Å². The number of nitro benzene ring substituents is 1. The van der Waals surface area contributed by atoms with Gasteiger partial charge in [-0.25, -0.2) is 0 Å². The minimum Gasteiger partial charge on any atom is -0.258 e. The molecule has 1 aromatic rings. The summed E-state index contributed by atoms with van der Waals surface area (Å²) < 4.78 is 0. The van der Waals surface area contributed by atoms with E-state index in [9.17, 15) is 10.1 Å². The predicted molar refractivity (Wildman–Crippen MR) is 47.9 cm³/mol. The molecule has 0 radical (unpaired) electrons. The quantitative estimate of drug-likeness (QED) is 0.496. The van der Waals surface area contributed by atoms with Crippen molar-refractivity contribution in [1.29, 1.82) is 0 Å². The molecule has 0 spiro atoms. The average Bonchev–Trinajstić information content (AvgIpc) is 2.03.